The van der Waals surface area contributed by atoms with Gasteiger partial charge in [0.25, 0.3) is 0 Å². The number of carbonyl (C=O) groups excluding carboxylic acids is 1. The average Bonchev–Trinajstić information content (AvgIpc) is 1.86. The number of amides is 1. The number of aliphatic imine (C=N–C) groups is 1. The van der Waals surface area contributed by atoms with Crippen molar-refractivity contribution in [3.63, 3.8) is 0 Å². The van der Waals surface area contributed by atoms with E-state index in [0.717, 1.165) is 0 Å². The lowest BCUT2D eigenvalue weighted by molar-refractivity contribution is 0.266. The molecular formula is C6H8Cl2N2O. The fraction of sp³-hybridized carbons (Fsp3) is 0.333. The van der Waals surface area contributed by atoms with Gasteiger partial charge in [0.15, 0.2) is 0 Å². The number of halogens is 2. The quantitative estimate of drug-likeness (QED) is 0.222. The van der Waals surface area contributed by atoms with Crippen molar-refractivity contribution in [1.29, 1.82) is 0 Å². The molecule has 0 radical (unpaired) electrons. The van der Waals surface area contributed by atoms with Gasteiger partial charge in [-0.25, -0.2) is 0 Å². The summed E-state index contributed by atoms with van der Waals surface area (Å²) < 4.78 is 0. The molecule has 0 bridgehead atoms. The van der Waals surface area contributed by atoms with Crippen molar-refractivity contribution in [1.82, 2.24) is 4.90 Å². The highest BCUT2D eigenvalue weighted by molar-refractivity contribution is 6.70. The first kappa shape index (κ1) is 10.5. The second-order valence-corrected chi connectivity index (χ2v) is 2.46. The summed E-state index contributed by atoms with van der Waals surface area (Å²) in [4.78, 5) is 15.0. The molecule has 0 heterocycles. The van der Waals surface area contributed by atoms with Gasteiger partial charge in [0, 0.05) is 13.6 Å². The van der Waals surface area contributed by atoms with E-state index in [1.165, 1.54) is 4.90 Å². The largest absolute Gasteiger partial charge is 0.346 e. The number of rotatable bonds is 2. The Morgan fingerprint density at radius 3 is 2.64 bits per heavy atom. The van der Waals surface area contributed by atoms with E-state index in [1.807, 2.05) is 0 Å². The van der Waals surface area contributed by atoms with Gasteiger partial charge < -0.3 is 4.90 Å². The average molecular weight is 195 g/mol. The maximum atomic E-state index is 10.2. The van der Waals surface area contributed by atoms with Gasteiger partial charge in [0.2, 0.25) is 5.29 Å². The van der Waals surface area contributed by atoms with Crippen LogP contribution in [-0.4, -0.2) is 29.2 Å². The smallest absolute Gasteiger partial charge is 0.342 e. The maximum absolute atomic E-state index is 10.2. The van der Waals surface area contributed by atoms with Crippen molar-refractivity contribution < 1.29 is 4.79 Å². The van der Waals surface area contributed by atoms with E-state index in [-0.39, 0.29) is 5.29 Å². The molecule has 3 nitrogen and oxygen atoms in total. The van der Waals surface area contributed by atoms with E-state index >= 15 is 0 Å². The molecule has 0 saturated heterocycles. The summed E-state index contributed by atoms with van der Waals surface area (Å²) >= 11 is 10.5. The molecule has 0 rings (SSSR count). The zero-order valence-corrected chi connectivity index (χ0v) is 7.56. The summed E-state index contributed by atoms with van der Waals surface area (Å²) in [5, 5.41) is -0.768. The second kappa shape index (κ2) is 5.16. The summed E-state index contributed by atoms with van der Waals surface area (Å²) in [5.41, 5.74) is 0. The van der Waals surface area contributed by atoms with Crippen molar-refractivity contribution in [3.8, 4) is 0 Å². The van der Waals surface area contributed by atoms with E-state index in [4.69, 9.17) is 23.2 Å². The monoisotopic (exact) mass is 194 g/mol. The van der Waals surface area contributed by atoms with Crippen LogP contribution in [0.5, 0.6) is 0 Å². The Kier molecular flexibility index (Phi) is 4.90. The summed E-state index contributed by atoms with van der Waals surface area (Å²) in [6, 6.07) is 0. The molecular weight excluding hydrogens is 187 g/mol. The minimum atomic E-state index is -0.828. The van der Waals surface area contributed by atoms with E-state index < -0.39 is 5.37 Å². The number of carbonyl (C=O) groups is 1. The molecule has 0 aromatic heterocycles. The van der Waals surface area contributed by atoms with Crippen molar-refractivity contribution in [2.24, 2.45) is 4.99 Å². The normalized spacial score (nSPS) is 11.0. The molecule has 0 N–H and O–H groups in total. The molecule has 0 aliphatic heterocycles. The van der Waals surface area contributed by atoms with Gasteiger partial charge >= 0.3 is 5.37 Å². The van der Waals surface area contributed by atoms with Gasteiger partial charge in [0.1, 0.15) is 0 Å². The van der Waals surface area contributed by atoms with Gasteiger partial charge in [-0.3, -0.25) is 4.79 Å². The summed E-state index contributed by atoms with van der Waals surface area (Å²) in [6.45, 7) is 4.01. The lowest BCUT2D eigenvalue weighted by atomic mass is 10.6. The predicted octanol–water partition coefficient (Wildman–Crippen LogP) is 2.06. The van der Waals surface area contributed by atoms with Crippen LogP contribution in [0, 0.1) is 0 Å². The summed E-state index contributed by atoms with van der Waals surface area (Å²) in [7, 11) is 1.67. The minimum Gasteiger partial charge on any atom is -0.346 e. The Hall–Kier alpha value is -0.540. The fourth-order valence-corrected chi connectivity index (χ4v) is 0.696. The standard InChI is InChI=1S/C6H8Cl2N2O/c1-3-4-10(2)5(7)9-6(8)11/h3H,1,4H2,2H3/b9-5+. The number of nitrogens with zero attached hydrogens (tertiary/aromatic N) is 2. The molecule has 1 amide bonds. The molecule has 0 aliphatic rings. The van der Waals surface area contributed by atoms with Crippen molar-refractivity contribution in [3.05, 3.63) is 12.7 Å². The number of likely N-dealkylation sites (N-methyl/N-ethyl adjacent to an activating group) is 1. The first-order valence-electron chi connectivity index (χ1n) is 2.83. The Bertz CT molecular complexity index is 191. The molecule has 0 spiro atoms. The van der Waals surface area contributed by atoms with E-state index in [0.29, 0.717) is 6.54 Å². The lowest BCUT2D eigenvalue weighted by Gasteiger charge is -2.12. The van der Waals surface area contributed by atoms with Crippen LogP contribution in [0.3, 0.4) is 0 Å². The first-order chi connectivity index (χ1) is 5.07. The van der Waals surface area contributed by atoms with Crippen molar-refractivity contribution >= 4 is 33.9 Å². The van der Waals surface area contributed by atoms with Crippen LogP contribution in [-0.2, 0) is 0 Å². The van der Waals surface area contributed by atoms with Crippen LogP contribution < -0.4 is 0 Å². The molecule has 0 aliphatic carbocycles. The van der Waals surface area contributed by atoms with Crippen molar-refractivity contribution in [2.45, 2.75) is 0 Å². The van der Waals surface area contributed by atoms with E-state index in [2.05, 4.69) is 11.6 Å². The SMILES string of the molecule is C=CCN(C)/C(Cl)=N/C(=O)Cl. The zero-order valence-electron chi connectivity index (χ0n) is 6.05. The van der Waals surface area contributed by atoms with Crippen molar-refractivity contribution in [2.75, 3.05) is 13.6 Å². The van der Waals surface area contributed by atoms with Gasteiger partial charge in [-0.2, -0.15) is 4.99 Å². The zero-order chi connectivity index (χ0) is 8.85. The summed E-state index contributed by atoms with van der Waals surface area (Å²) in [6.07, 6.45) is 1.64. The van der Waals surface area contributed by atoms with E-state index in [9.17, 15) is 4.79 Å². The molecule has 0 aromatic rings. The Morgan fingerprint density at radius 2 is 2.27 bits per heavy atom. The topological polar surface area (TPSA) is 32.7 Å². The van der Waals surface area contributed by atoms with Crippen LogP contribution in [0.25, 0.3) is 0 Å². The van der Waals surface area contributed by atoms with Gasteiger partial charge in [-0.1, -0.05) is 6.08 Å². The minimum absolute atomic E-state index is 0.0601. The number of hydrogen-bond acceptors (Lipinski definition) is 1. The van der Waals surface area contributed by atoms with E-state index in [1.54, 1.807) is 13.1 Å². The molecule has 0 saturated carbocycles. The number of hydrogen-bond donors (Lipinski definition) is 0. The third-order valence-electron chi connectivity index (χ3n) is 0.898. The summed E-state index contributed by atoms with van der Waals surface area (Å²) in [5.74, 6) is 0. The molecule has 11 heavy (non-hydrogen) atoms. The van der Waals surface area contributed by atoms with Crippen LogP contribution in [0.15, 0.2) is 17.6 Å². The molecule has 5 heteroatoms. The highest BCUT2D eigenvalue weighted by atomic mass is 35.5. The third kappa shape index (κ3) is 4.81. The second-order valence-electron chi connectivity index (χ2n) is 1.80. The molecule has 0 atom stereocenters. The highest BCUT2D eigenvalue weighted by Gasteiger charge is 2.01. The molecule has 0 fully saturated rings. The Balaban J connectivity index is 4.10. The van der Waals surface area contributed by atoms with Crippen LogP contribution >= 0.6 is 23.2 Å². The Morgan fingerprint density at radius 1 is 1.73 bits per heavy atom. The van der Waals surface area contributed by atoms with Gasteiger partial charge in [0.05, 0.1) is 0 Å². The Labute approximate surface area is 75.3 Å². The van der Waals surface area contributed by atoms with Gasteiger partial charge in [-0.05, 0) is 23.2 Å². The fourth-order valence-electron chi connectivity index (χ4n) is 0.427. The molecule has 62 valence electrons. The van der Waals surface area contributed by atoms with Crippen LogP contribution in [0.2, 0.25) is 0 Å². The van der Waals surface area contributed by atoms with Crippen LogP contribution in [0.4, 0.5) is 4.79 Å². The molecule has 0 unspecified atom stereocenters. The van der Waals surface area contributed by atoms with Crippen LogP contribution in [0.1, 0.15) is 0 Å². The van der Waals surface area contributed by atoms with Gasteiger partial charge in [-0.15, -0.1) is 6.58 Å². The maximum Gasteiger partial charge on any atom is 0.342 e. The molecule has 0 aromatic carbocycles. The lowest BCUT2D eigenvalue weighted by Crippen LogP contribution is -2.22. The third-order valence-corrected chi connectivity index (χ3v) is 1.36. The predicted molar refractivity (Wildman–Crippen MR) is 47.4 cm³/mol. The number of amidine groups is 1. The highest BCUT2D eigenvalue weighted by Crippen LogP contribution is 1.96. The first-order valence-corrected chi connectivity index (χ1v) is 3.59.